The molecule has 5 unspecified atom stereocenters. The molecule has 2 bridgehead atoms. The zero-order chi connectivity index (χ0) is 25.7. The van der Waals surface area contributed by atoms with Gasteiger partial charge in [0.1, 0.15) is 11.5 Å². The fourth-order valence-corrected chi connectivity index (χ4v) is 7.54. The molecule has 3 aromatic carbocycles. The summed E-state index contributed by atoms with van der Waals surface area (Å²) in [7, 11) is 3.25. The highest BCUT2D eigenvalue weighted by molar-refractivity contribution is 5.86. The number of amides is 1. The molecule has 0 radical (unpaired) electrons. The number of ether oxygens (including phenoxy) is 2. The van der Waals surface area contributed by atoms with Crippen LogP contribution in [0.1, 0.15) is 41.0 Å². The number of carboxylic acid groups (broad SMARTS) is 1. The summed E-state index contributed by atoms with van der Waals surface area (Å²) in [6, 6.07) is 23.2. The lowest BCUT2D eigenvalue weighted by Crippen LogP contribution is -2.53. The Labute approximate surface area is 216 Å². The molecule has 2 fully saturated rings. The van der Waals surface area contributed by atoms with Crippen molar-refractivity contribution in [2.75, 3.05) is 14.2 Å². The van der Waals surface area contributed by atoms with Gasteiger partial charge in [0, 0.05) is 29.5 Å². The van der Waals surface area contributed by atoms with Crippen molar-refractivity contribution in [3.63, 3.8) is 0 Å². The number of benzene rings is 3. The summed E-state index contributed by atoms with van der Waals surface area (Å²) in [4.78, 5) is 29.1. The topological polar surface area (TPSA) is 76.1 Å². The molecule has 37 heavy (non-hydrogen) atoms. The van der Waals surface area contributed by atoms with E-state index in [0.717, 1.165) is 28.9 Å². The molecule has 6 heteroatoms. The molecule has 3 aromatic rings. The molecule has 2 aliphatic heterocycles. The van der Waals surface area contributed by atoms with Gasteiger partial charge in [0.25, 0.3) is 0 Å². The molecule has 2 heterocycles. The smallest absolute Gasteiger partial charge is 0.312 e. The standard InChI is InChI=1S/C31H31NO5/c1-36-22-13-11-19(12-14-22)28-23-9-5-3-8-21(23)18-31(30(34)35)26-16-15-24(29(28)31)32(26)27(33)17-20-7-4-6-10-25(20)37-2/h3-14,24,26,28-29H,15-18H2,1-2H3,(H,34,35). The van der Waals surface area contributed by atoms with Crippen LogP contribution in [0.2, 0.25) is 0 Å². The first-order valence-corrected chi connectivity index (χ1v) is 12.9. The van der Waals surface area contributed by atoms with Crippen molar-refractivity contribution in [1.29, 1.82) is 0 Å². The maximum Gasteiger partial charge on any atom is 0.312 e. The van der Waals surface area contributed by atoms with E-state index in [4.69, 9.17) is 9.47 Å². The third-order valence-electron chi connectivity index (χ3n) is 8.96. The van der Waals surface area contributed by atoms with E-state index >= 15 is 0 Å². The van der Waals surface area contributed by atoms with Gasteiger partial charge in [-0.15, -0.1) is 0 Å². The molecular weight excluding hydrogens is 466 g/mol. The van der Waals surface area contributed by atoms with Crippen LogP contribution in [-0.4, -0.2) is 48.2 Å². The second kappa shape index (κ2) is 8.94. The van der Waals surface area contributed by atoms with Crippen LogP contribution < -0.4 is 9.47 Å². The molecule has 6 nitrogen and oxygen atoms in total. The largest absolute Gasteiger partial charge is 0.497 e. The monoisotopic (exact) mass is 497 g/mol. The number of aliphatic carboxylic acids is 1. The zero-order valence-corrected chi connectivity index (χ0v) is 21.1. The average molecular weight is 498 g/mol. The van der Waals surface area contributed by atoms with Gasteiger partial charge >= 0.3 is 5.97 Å². The summed E-state index contributed by atoms with van der Waals surface area (Å²) in [5.41, 5.74) is 3.08. The van der Waals surface area contributed by atoms with Gasteiger partial charge in [-0.2, -0.15) is 0 Å². The van der Waals surface area contributed by atoms with E-state index in [1.165, 1.54) is 5.56 Å². The van der Waals surface area contributed by atoms with Crippen molar-refractivity contribution in [3.05, 3.63) is 95.1 Å². The minimum absolute atomic E-state index is 0.0236. The van der Waals surface area contributed by atoms with Gasteiger partial charge in [0.15, 0.2) is 0 Å². The lowest BCUT2D eigenvalue weighted by atomic mass is 9.53. The third-order valence-corrected chi connectivity index (χ3v) is 8.96. The summed E-state index contributed by atoms with van der Waals surface area (Å²) in [5.74, 6) is 0.282. The predicted octanol–water partition coefficient (Wildman–Crippen LogP) is 4.69. The van der Waals surface area contributed by atoms with Crippen molar-refractivity contribution in [2.45, 2.75) is 43.7 Å². The molecule has 5 atom stereocenters. The molecule has 1 amide bonds. The van der Waals surface area contributed by atoms with Crippen molar-refractivity contribution in [2.24, 2.45) is 11.3 Å². The normalized spacial score (nSPS) is 27.4. The molecule has 1 N–H and O–H groups in total. The van der Waals surface area contributed by atoms with Crippen LogP contribution in [0.25, 0.3) is 0 Å². The van der Waals surface area contributed by atoms with Gasteiger partial charge in [0.2, 0.25) is 5.91 Å². The molecule has 1 aliphatic carbocycles. The van der Waals surface area contributed by atoms with E-state index in [9.17, 15) is 14.7 Å². The summed E-state index contributed by atoms with van der Waals surface area (Å²) in [5, 5.41) is 10.9. The summed E-state index contributed by atoms with van der Waals surface area (Å²) < 4.78 is 10.9. The van der Waals surface area contributed by atoms with Gasteiger partial charge in [-0.05, 0) is 54.2 Å². The van der Waals surface area contributed by atoms with Gasteiger partial charge in [-0.25, -0.2) is 0 Å². The first kappa shape index (κ1) is 23.6. The van der Waals surface area contributed by atoms with Crippen LogP contribution in [0, 0.1) is 11.3 Å². The van der Waals surface area contributed by atoms with Crippen LogP contribution in [0.5, 0.6) is 11.5 Å². The molecule has 0 aromatic heterocycles. The Morgan fingerprint density at radius 2 is 1.68 bits per heavy atom. The number of fused-ring (bicyclic) bond motifs is 6. The first-order chi connectivity index (χ1) is 18.0. The lowest BCUT2D eigenvalue weighted by molar-refractivity contribution is -0.155. The van der Waals surface area contributed by atoms with Gasteiger partial charge < -0.3 is 19.5 Å². The highest BCUT2D eigenvalue weighted by atomic mass is 16.5. The fourth-order valence-electron chi connectivity index (χ4n) is 7.54. The maximum atomic E-state index is 13.9. The SMILES string of the molecule is COc1ccc(C2c3ccccc3CC3(C(=O)O)C2C2CCC3N2C(=O)Cc2ccccc2OC)cc1. The van der Waals surface area contributed by atoms with Crippen LogP contribution in [0.15, 0.2) is 72.8 Å². The molecule has 3 aliphatic rings. The van der Waals surface area contributed by atoms with Gasteiger partial charge in [-0.3, -0.25) is 9.59 Å². The molecular formula is C31H31NO5. The van der Waals surface area contributed by atoms with E-state index in [2.05, 4.69) is 12.1 Å². The van der Waals surface area contributed by atoms with Crippen molar-refractivity contribution >= 4 is 11.9 Å². The highest BCUT2D eigenvalue weighted by Gasteiger charge is 2.70. The summed E-state index contributed by atoms with van der Waals surface area (Å²) >= 11 is 0. The number of para-hydroxylation sites is 1. The lowest BCUT2D eigenvalue weighted by Gasteiger charge is -2.47. The number of rotatable bonds is 6. The van der Waals surface area contributed by atoms with E-state index in [1.54, 1.807) is 14.2 Å². The summed E-state index contributed by atoms with van der Waals surface area (Å²) in [6.45, 7) is 0. The Morgan fingerprint density at radius 3 is 2.41 bits per heavy atom. The Balaban J connectivity index is 1.46. The number of carbonyl (C=O) groups is 2. The van der Waals surface area contributed by atoms with Crippen LogP contribution in [0.4, 0.5) is 0 Å². The van der Waals surface area contributed by atoms with Gasteiger partial charge in [-0.1, -0.05) is 54.6 Å². The zero-order valence-electron chi connectivity index (χ0n) is 21.1. The van der Waals surface area contributed by atoms with Crippen LogP contribution >= 0.6 is 0 Å². The van der Waals surface area contributed by atoms with Gasteiger partial charge in [0.05, 0.1) is 26.1 Å². The van der Waals surface area contributed by atoms with E-state index < -0.39 is 11.4 Å². The fraction of sp³-hybridized carbons (Fsp3) is 0.355. The summed E-state index contributed by atoms with van der Waals surface area (Å²) in [6.07, 6.45) is 2.16. The number of nitrogens with zero attached hydrogens (tertiary/aromatic N) is 1. The molecule has 0 saturated carbocycles. The Kier molecular flexibility index (Phi) is 5.70. The third kappa shape index (κ3) is 3.45. The van der Waals surface area contributed by atoms with Crippen molar-refractivity contribution in [1.82, 2.24) is 4.90 Å². The van der Waals surface area contributed by atoms with Crippen LogP contribution in [-0.2, 0) is 22.4 Å². The second-order valence-electron chi connectivity index (χ2n) is 10.4. The van der Waals surface area contributed by atoms with Crippen molar-refractivity contribution in [3.8, 4) is 11.5 Å². The number of carbonyl (C=O) groups excluding carboxylic acids is 1. The van der Waals surface area contributed by atoms with E-state index in [-0.39, 0.29) is 36.2 Å². The minimum atomic E-state index is -1.03. The predicted molar refractivity (Wildman–Crippen MR) is 139 cm³/mol. The molecule has 190 valence electrons. The van der Waals surface area contributed by atoms with Crippen LogP contribution in [0.3, 0.4) is 0 Å². The number of carboxylic acids is 1. The number of hydrogen-bond donors (Lipinski definition) is 1. The first-order valence-electron chi connectivity index (χ1n) is 12.9. The Bertz CT molecular complexity index is 1350. The highest BCUT2D eigenvalue weighted by Crippen LogP contribution is 2.64. The average Bonchev–Trinajstić information content (AvgIpc) is 3.48. The molecule has 0 spiro atoms. The number of methoxy groups -OCH3 is 2. The Morgan fingerprint density at radius 1 is 0.946 bits per heavy atom. The minimum Gasteiger partial charge on any atom is -0.497 e. The maximum absolute atomic E-state index is 13.9. The quantitative estimate of drug-likeness (QED) is 0.535. The number of hydrogen-bond acceptors (Lipinski definition) is 4. The second-order valence-corrected chi connectivity index (χ2v) is 10.4. The van der Waals surface area contributed by atoms with Crippen molar-refractivity contribution < 1.29 is 24.2 Å². The van der Waals surface area contributed by atoms with E-state index in [1.807, 2.05) is 65.6 Å². The molecule has 2 saturated heterocycles. The molecule has 6 rings (SSSR count). The van der Waals surface area contributed by atoms with E-state index in [0.29, 0.717) is 18.6 Å². The Hall–Kier alpha value is -3.80.